The number of benzene rings is 2. The largest absolute Gasteiger partial charge is 0.288 e. The van der Waals surface area contributed by atoms with Gasteiger partial charge in [-0.3, -0.25) is 4.79 Å². The lowest BCUT2D eigenvalue weighted by Gasteiger charge is -2.08. The number of hydrogen-bond donors (Lipinski definition) is 0. The topological polar surface area (TPSA) is 17.1 Å². The van der Waals surface area contributed by atoms with Gasteiger partial charge in [-0.1, -0.05) is 54.0 Å². The summed E-state index contributed by atoms with van der Waals surface area (Å²) in [6, 6.07) is 8.95. The highest BCUT2D eigenvalue weighted by molar-refractivity contribution is 9.10. The van der Waals surface area contributed by atoms with Crippen molar-refractivity contribution in [3.8, 4) is 0 Å². The molecule has 0 aliphatic heterocycles. The molecule has 4 heteroatoms. The fourth-order valence-corrected chi connectivity index (χ4v) is 2.32. The third kappa shape index (κ3) is 2.96. The molecule has 0 saturated carbocycles. The highest BCUT2D eigenvalue weighted by Gasteiger charge is 2.19. The number of carbonyl (C=O) groups excluding carboxylic acids is 1. The van der Waals surface area contributed by atoms with E-state index in [1.54, 1.807) is 24.3 Å². The fourth-order valence-electron chi connectivity index (χ4n) is 1.92. The predicted molar refractivity (Wildman–Crippen MR) is 78.0 cm³/mol. The lowest BCUT2D eigenvalue weighted by atomic mass is 9.97. The van der Waals surface area contributed by atoms with Crippen LogP contribution in [0, 0.1) is 11.6 Å². The fraction of sp³-hybridized carbons (Fsp3) is 0.188. The Kier molecular flexibility index (Phi) is 4.33. The van der Waals surface area contributed by atoms with Crippen molar-refractivity contribution >= 4 is 21.7 Å². The summed E-state index contributed by atoms with van der Waals surface area (Å²) >= 11 is 2.99. The van der Waals surface area contributed by atoms with Crippen molar-refractivity contribution in [1.82, 2.24) is 0 Å². The number of carbonyl (C=O) groups is 1. The summed E-state index contributed by atoms with van der Waals surface area (Å²) in [5, 5.41) is 0. The van der Waals surface area contributed by atoms with Crippen molar-refractivity contribution < 1.29 is 13.6 Å². The Bertz CT molecular complexity index is 625. The van der Waals surface area contributed by atoms with Gasteiger partial charge in [-0.15, -0.1) is 0 Å². The van der Waals surface area contributed by atoms with Crippen LogP contribution in [0.5, 0.6) is 0 Å². The highest BCUT2D eigenvalue weighted by atomic mass is 79.9. The average molecular weight is 339 g/mol. The number of ketones is 1. The normalized spacial score (nSPS) is 10.9. The van der Waals surface area contributed by atoms with E-state index in [-0.39, 0.29) is 10.0 Å². The molecule has 0 fully saturated rings. The van der Waals surface area contributed by atoms with E-state index in [0.29, 0.717) is 5.92 Å². The van der Waals surface area contributed by atoms with Crippen molar-refractivity contribution in [2.45, 2.75) is 19.8 Å². The molecule has 0 aromatic heterocycles. The molecule has 2 rings (SSSR count). The minimum atomic E-state index is -0.866. The molecule has 0 heterocycles. The van der Waals surface area contributed by atoms with Gasteiger partial charge in [0.2, 0.25) is 0 Å². The number of hydrogen-bond acceptors (Lipinski definition) is 1. The van der Waals surface area contributed by atoms with Crippen LogP contribution in [0.3, 0.4) is 0 Å². The van der Waals surface area contributed by atoms with E-state index in [2.05, 4.69) is 15.9 Å². The Hall–Kier alpha value is -1.55. The van der Waals surface area contributed by atoms with Gasteiger partial charge in [0.15, 0.2) is 5.78 Å². The maximum atomic E-state index is 13.8. The summed E-state index contributed by atoms with van der Waals surface area (Å²) in [5.74, 6) is -2.05. The van der Waals surface area contributed by atoms with Crippen LogP contribution in [0.4, 0.5) is 8.78 Å². The Balaban J connectivity index is 2.41. The molecule has 0 unspecified atom stereocenters. The van der Waals surface area contributed by atoms with Crippen molar-refractivity contribution in [1.29, 1.82) is 0 Å². The summed E-state index contributed by atoms with van der Waals surface area (Å²) < 4.78 is 27.8. The molecular weight excluding hydrogens is 326 g/mol. The third-order valence-electron chi connectivity index (χ3n) is 3.07. The quantitative estimate of drug-likeness (QED) is 0.713. The first-order chi connectivity index (χ1) is 9.40. The summed E-state index contributed by atoms with van der Waals surface area (Å²) in [6.07, 6.45) is 0. The second-order valence-corrected chi connectivity index (χ2v) is 5.77. The van der Waals surface area contributed by atoms with Crippen LogP contribution < -0.4 is 0 Å². The standard InChI is InChI=1S/C16H13BrF2O/c1-9(2)10-3-5-11(6-4-10)16(20)15-13(18)7-12(17)8-14(15)19/h3-9H,1-2H3. The van der Waals surface area contributed by atoms with E-state index in [4.69, 9.17) is 0 Å². The zero-order valence-corrected chi connectivity index (χ0v) is 12.7. The minimum Gasteiger partial charge on any atom is -0.288 e. The van der Waals surface area contributed by atoms with Gasteiger partial charge < -0.3 is 0 Å². The average Bonchev–Trinajstić information content (AvgIpc) is 2.37. The lowest BCUT2D eigenvalue weighted by Crippen LogP contribution is -2.08. The lowest BCUT2D eigenvalue weighted by molar-refractivity contribution is 0.103. The van der Waals surface area contributed by atoms with E-state index in [0.717, 1.165) is 17.7 Å². The summed E-state index contributed by atoms with van der Waals surface area (Å²) in [4.78, 5) is 12.2. The molecule has 0 aliphatic rings. The van der Waals surface area contributed by atoms with E-state index in [1.807, 2.05) is 13.8 Å². The molecular formula is C16H13BrF2O. The molecule has 1 nitrogen and oxygen atoms in total. The van der Waals surface area contributed by atoms with Crippen molar-refractivity contribution in [3.05, 3.63) is 69.2 Å². The van der Waals surface area contributed by atoms with Crippen LogP contribution in [-0.4, -0.2) is 5.78 Å². The van der Waals surface area contributed by atoms with Crippen LogP contribution in [-0.2, 0) is 0 Å². The summed E-state index contributed by atoms with van der Waals surface area (Å²) in [5.41, 5.74) is 0.818. The van der Waals surface area contributed by atoms with Gasteiger partial charge in [0.1, 0.15) is 11.6 Å². The van der Waals surface area contributed by atoms with E-state index in [1.165, 1.54) is 0 Å². The zero-order chi connectivity index (χ0) is 14.9. The molecule has 0 saturated heterocycles. The predicted octanol–water partition coefficient (Wildman–Crippen LogP) is 5.08. The van der Waals surface area contributed by atoms with Crippen LogP contribution in [0.15, 0.2) is 40.9 Å². The number of rotatable bonds is 3. The minimum absolute atomic E-state index is 0.263. The first-order valence-corrected chi connectivity index (χ1v) is 6.98. The molecule has 2 aromatic carbocycles. The van der Waals surface area contributed by atoms with E-state index < -0.39 is 23.0 Å². The Morgan fingerprint density at radius 2 is 1.55 bits per heavy atom. The molecule has 2 aromatic rings. The van der Waals surface area contributed by atoms with Gasteiger partial charge >= 0.3 is 0 Å². The van der Waals surface area contributed by atoms with Gasteiger partial charge in [0.25, 0.3) is 0 Å². The summed E-state index contributed by atoms with van der Waals surface area (Å²) in [7, 11) is 0. The number of halogens is 3. The highest BCUT2D eigenvalue weighted by Crippen LogP contribution is 2.23. The SMILES string of the molecule is CC(C)c1ccc(C(=O)c2c(F)cc(Br)cc2F)cc1. The molecule has 104 valence electrons. The van der Waals surface area contributed by atoms with Crippen LogP contribution in [0.1, 0.15) is 41.3 Å². The second-order valence-electron chi connectivity index (χ2n) is 4.85. The maximum absolute atomic E-state index is 13.8. The van der Waals surface area contributed by atoms with E-state index >= 15 is 0 Å². The van der Waals surface area contributed by atoms with Crippen LogP contribution in [0.25, 0.3) is 0 Å². The maximum Gasteiger partial charge on any atom is 0.198 e. The van der Waals surface area contributed by atoms with Gasteiger partial charge in [-0.05, 0) is 23.6 Å². The molecule has 0 atom stereocenters. The molecule has 0 amide bonds. The molecule has 0 N–H and O–H groups in total. The van der Waals surface area contributed by atoms with Gasteiger partial charge in [-0.25, -0.2) is 8.78 Å². The van der Waals surface area contributed by atoms with Gasteiger partial charge in [-0.2, -0.15) is 0 Å². The summed E-state index contributed by atoms with van der Waals surface area (Å²) in [6.45, 7) is 4.07. The first-order valence-electron chi connectivity index (χ1n) is 6.19. The van der Waals surface area contributed by atoms with E-state index in [9.17, 15) is 13.6 Å². The van der Waals surface area contributed by atoms with Gasteiger partial charge in [0.05, 0.1) is 5.56 Å². The molecule has 0 radical (unpaired) electrons. The van der Waals surface area contributed by atoms with Crippen molar-refractivity contribution in [3.63, 3.8) is 0 Å². The second kappa shape index (κ2) is 5.83. The third-order valence-corrected chi connectivity index (χ3v) is 3.53. The zero-order valence-electron chi connectivity index (χ0n) is 11.1. The molecule has 0 aliphatic carbocycles. The molecule has 0 spiro atoms. The molecule has 20 heavy (non-hydrogen) atoms. The van der Waals surface area contributed by atoms with Crippen LogP contribution in [0.2, 0.25) is 0 Å². The van der Waals surface area contributed by atoms with Crippen molar-refractivity contribution in [2.24, 2.45) is 0 Å². The molecule has 0 bridgehead atoms. The van der Waals surface area contributed by atoms with Crippen molar-refractivity contribution in [2.75, 3.05) is 0 Å². The Labute approximate surface area is 124 Å². The Morgan fingerprint density at radius 1 is 1.05 bits per heavy atom. The monoisotopic (exact) mass is 338 g/mol. The van der Waals surface area contributed by atoms with Crippen LogP contribution >= 0.6 is 15.9 Å². The first kappa shape index (κ1) is 14.9. The Morgan fingerprint density at radius 3 is 2.00 bits per heavy atom. The smallest absolute Gasteiger partial charge is 0.198 e. The van der Waals surface area contributed by atoms with Gasteiger partial charge in [0, 0.05) is 10.0 Å².